The Bertz CT molecular complexity index is 1360. The number of ether oxygens (including phenoxy) is 1. The molecule has 2 unspecified atom stereocenters. The highest BCUT2D eigenvalue weighted by molar-refractivity contribution is 5.76. The second-order valence-corrected chi connectivity index (χ2v) is 27.8. The minimum absolute atomic E-state index is 0.0219. The van der Waals surface area contributed by atoms with Crippen molar-refractivity contribution >= 4 is 11.9 Å². The molecule has 0 aliphatic heterocycles. The highest BCUT2D eigenvalue weighted by Crippen LogP contribution is 2.20. The van der Waals surface area contributed by atoms with Gasteiger partial charge in [-0.15, -0.1) is 0 Å². The first-order valence-electron chi connectivity index (χ1n) is 40.1. The molecular weight excluding hydrogens is 1070 g/mol. The Kier molecular flexibility index (Phi) is 75.3. The number of carbonyl (C=O) groups is 2. The monoisotopic (exact) mass is 1220 g/mol. The van der Waals surface area contributed by atoms with E-state index in [1.54, 1.807) is 0 Å². The van der Waals surface area contributed by atoms with E-state index in [-0.39, 0.29) is 18.5 Å². The third-order valence-electron chi connectivity index (χ3n) is 19.0. The third kappa shape index (κ3) is 73.3. The number of esters is 1. The molecule has 2 atom stereocenters. The topological polar surface area (TPSA) is 95.9 Å². The number of nitrogens with one attached hydrogen (secondary N) is 1. The molecule has 0 aliphatic rings. The normalized spacial score (nSPS) is 12.6. The number of aliphatic hydroxyl groups excluding tert-OH is 2. The van der Waals surface area contributed by atoms with Crippen molar-refractivity contribution in [2.75, 3.05) is 13.2 Å². The number of unbranched alkanes of at least 4 members (excludes halogenated alkanes) is 61. The molecule has 0 saturated heterocycles. The van der Waals surface area contributed by atoms with Gasteiger partial charge in [0.15, 0.2) is 0 Å². The Balaban J connectivity index is 3.35. The summed E-state index contributed by atoms with van der Waals surface area (Å²) in [5.74, 6) is -0.00512. The predicted molar refractivity (Wildman–Crippen MR) is 384 cm³/mol. The van der Waals surface area contributed by atoms with E-state index in [0.29, 0.717) is 25.9 Å². The number of allylic oxidation sites excluding steroid dienone is 4. The second kappa shape index (κ2) is 76.8. The van der Waals surface area contributed by atoms with Crippen LogP contribution >= 0.6 is 0 Å². The summed E-state index contributed by atoms with van der Waals surface area (Å²) < 4.78 is 5.49. The van der Waals surface area contributed by atoms with Gasteiger partial charge in [-0.05, 0) is 57.8 Å². The molecule has 0 radical (unpaired) electrons. The zero-order valence-electron chi connectivity index (χ0n) is 59.3. The van der Waals surface area contributed by atoms with Crippen LogP contribution in [0, 0.1) is 0 Å². The van der Waals surface area contributed by atoms with E-state index in [1.165, 1.54) is 379 Å². The fraction of sp³-hybridized carbons (Fsp3) is 0.926. The van der Waals surface area contributed by atoms with Crippen molar-refractivity contribution < 1.29 is 24.5 Å². The largest absolute Gasteiger partial charge is 0.466 e. The quantitative estimate of drug-likeness (QED) is 0.0320. The fourth-order valence-corrected chi connectivity index (χ4v) is 12.9. The minimum atomic E-state index is -0.663. The number of hydrogen-bond acceptors (Lipinski definition) is 5. The van der Waals surface area contributed by atoms with Crippen LogP contribution in [0.15, 0.2) is 24.3 Å². The number of carbonyl (C=O) groups excluding carboxylic acids is 2. The maximum Gasteiger partial charge on any atom is 0.305 e. The third-order valence-corrected chi connectivity index (χ3v) is 19.0. The summed E-state index contributed by atoms with van der Waals surface area (Å²) in [7, 11) is 0. The molecule has 6 heteroatoms. The van der Waals surface area contributed by atoms with Gasteiger partial charge in [0.2, 0.25) is 5.91 Å². The highest BCUT2D eigenvalue weighted by atomic mass is 16.5. The van der Waals surface area contributed by atoms with Crippen LogP contribution in [0.5, 0.6) is 0 Å². The van der Waals surface area contributed by atoms with E-state index in [4.69, 9.17) is 4.74 Å². The Labute approximate surface area is 545 Å². The van der Waals surface area contributed by atoms with Gasteiger partial charge in [-0.2, -0.15) is 0 Å². The van der Waals surface area contributed by atoms with E-state index in [1.807, 2.05) is 0 Å². The van der Waals surface area contributed by atoms with Crippen molar-refractivity contribution in [3.63, 3.8) is 0 Å². The van der Waals surface area contributed by atoms with Crippen molar-refractivity contribution in [1.82, 2.24) is 5.32 Å². The molecule has 0 bridgehead atoms. The molecule has 1 amide bonds. The van der Waals surface area contributed by atoms with Crippen LogP contribution in [-0.4, -0.2) is 47.4 Å². The minimum Gasteiger partial charge on any atom is -0.466 e. The number of amides is 1. The van der Waals surface area contributed by atoms with Crippen molar-refractivity contribution in [3.05, 3.63) is 24.3 Å². The van der Waals surface area contributed by atoms with Crippen LogP contribution < -0.4 is 5.32 Å². The van der Waals surface area contributed by atoms with Gasteiger partial charge in [-0.25, -0.2) is 0 Å². The van der Waals surface area contributed by atoms with Crippen LogP contribution in [0.1, 0.15) is 457 Å². The van der Waals surface area contributed by atoms with Crippen molar-refractivity contribution in [3.8, 4) is 0 Å². The number of hydrogen-bond donors (Lipinski definition) is 3. The zero-order chi connectivity index (χ0) is 62.8. The summed E-state index contributed by atoms with van der Waals surface area (Å²) in [6, 6.07) is -0.539. The average molecular weight is 1230 g/mol. The molecule has 0 aromatic heterocycles. The molecule has 0 aromatic carbocycles. The summed E-state index contributed by atoms with van der Waals surface area (Å²) in [6.07, 6.45) is 98.5. The lowest BCUT2D eigenvalue weighted by Crippen LogP contribution is -2.45. The molecule has 0 heterocycles. The zero-order valence-corrected chi connectivity index (χ0v) is 59.3. The van der Waals surface area contributed by atoms with Gasteiger partial charge in [0.05, 0.1) is 25.4 Å². The second-order valence-electron chi connectivity index (χ2n) is 27.8. The van der Waals surface area contributed by atoms with Crippen LogP contribution in [0.4, 0.5) is 0 Å². The lowest BCUT2D eigenvalue weighted by atomic mass is 10.0. The Morgan fingerprint density at radius 1 is 0.322 bits per heavy atom. The molecule has 0 fully saturated rings. The predicted octanol–water partition coefficient (Wildman–Crippen LogP) is 26.4. The Morgan fingerprint density at radius 3 is 0.874 bits per heavy atom. The van der Waals surface area contributed by atoms with Crippen molar-refractivity contribution in [2.45, 2.75) is 469 Å². The van der Waals surface area contributed by atoms with Gasteiger partial charge < -0.3 is 20.3 Å². The summed E-state index contributed by atoms with van der Waals surface area (Å²) in [6.45, 7) is 5.00. The van der Waals surface area contributed by atoms with E-state index >= 15 is 0 Å². The molecule has 6 nitrogen and oxygen atoms in total. The van der Waals surface area contributed by atoms with Crippen LogP contribution in [-0.2, 0) is 14.3 Å². The SMILES string of the molecule is CCCCCCCCCCCCCCCCCCCCCC(O)C(CO)NC(=O)CCCCCCCCCCCCCCCCCCC/C=C\C/C=C\CCCCCCCCCCCCCCCCCOC(=O)CCCCCCCCCCCCCC. The van der Waals surface area contributed by atoms with Gasteiger partial charge in [0.25, 0.3) is 0 Å². The van der Waals surface area contributed by atoms with E-state index in [0.717, 1.165) is 44.9 Å². The molecular formula is C81H157NO5. The van der Waals surface area contributed by atoms with Gasteiger partial charge in [-0.1, -0.05) is 411 Å². The average Bonchev–Trinajstić information content (AvgIpc) is 3.53. The number of rotatable bonds is 76. The summed E-state index contributed by atoms with van der Waals surface area (Å²) in [5.41, 5.74) is 0. The Morgan fingerprint density at radius 2 is 0.575 bits per heavy atom. The van der Waals surface area contributed by atoms with E-state index in [9.17, 15) is 19.8 Å². The molecule has 0 aromatic rings. The van der Waals surface area contributed by atoms with Gasteiger partial charge in [0, 0.05) is 12.8 Å². The fourth-order valence-electron chi connectivity index (χ4n) is 12.9. The summed E-state index contributed by atoms with van der Waals surface area (Å²) in [5, 5.41) is 23.4. The molecule has 0 saturated carbocycles. The first-order chi connectivity index (χ1) is 43.0. The maximum atomic E-state index is 12.6. The van der Waals surface area contributed by atoms with E-state index in [2.05, 4.69) is 43.5 Å². The molecule has 516 valence electrons. The van der Waals surface area contributed by atoms with Crippen LogP contribution in [0.3, 0.4) is 0 Å². The van der Waals surface area contributed by atoms with Gasteiger partial charge in [-0.3, -0.25) is 9.59 Å². The summed E-state index contributed by atoms with van der Waals surface area (Å²) in [4.78, 5) is 24.6. The molecule has 3 N–H and O–H groups in total. The van der Waals surface area contributed by atoms with Gasteiger partial charge in [0.1, 0.15) is 0 Å². The van der Waals surface area contributed by atoms with E-state index < -0.39 is 12.1 Å². The molecule has 87 heavy (non-hydrogen) atoms. The molecule has 0 spiro atoms. The lowest BCUT2D eigenvalue weighted by Gasteiger charge is -2.22. The molecule has 0 rings (SSSR count). The first-order valence-corrected chi connectivity index (χ1v) is 40.1. The maximum absolute atomic E-state index is 12.6. The van der Waals surface area contributed by atoms with Crippen molar-refractivity contribution in [2.24, 2.45) is 0 Å². The van der Waals surface area contributed by atoms with Gasteiger partial charge >= 0.3 is 5.97 Å². The van der Waals surface area contributed by atoms with Crippen LogP contribution in [0.2, 0.25) is 0 Å². The molecule has 0 aliphatic carbocycles. The highest BCUT2D eigenvalue weighted by Gasteiger charge is 2.20. The van der Waals surface area contributed by atoms with Crippen molar-refractivity contribution in [1.29, 1.82) is 0 Å². The summed E-state index contributed by atoms with van der Waals surface area (Å²) >= 11 is 0. The first kappa shape index (κ1) is 85.3. The van der Waals surface area contributed by atoms with Crippen LogP contribution in [0.25, 0.3) is 0 Å². The lowest BCUT2D eigenvalue weighted by molar-refractivity contribution is -0.143. The Hall–Kier alpha value is -1.66. The number of aliphatic hydroxyl groups is 2. The standard InChI is InChI=1S/C81H157NO5/c1-3-5-7-9-11-13-15-17-18-19-41-44-47-50-53-57-61-65-69-73-79(84)78(77-83)82-80(85)74-70-66-62-58-54-51-48-45-42-39-37-35-33-31-29-27-25-23-21-20-22-24-26-28-30-32-34-36-38-40-43-46-49-52-56-60-64-68-72-76-87-81(86)75-71-67-63-59-55-16-14-12-10-8-6-4-2/h20-21,24,26,78-79,83-84H,3-19,22-23,25,27-77H2,1-2H3,(H,82,85)/b21-20-,26-24-. The smallest absolute Gasteiger partial charge is 0.305 e.